The molecule has 0 aliphatic rings. The third-order valence-electron chi connectivity index (χ3n) is 4.71. The predicted octanol–water partition coefficient (Wildman–Crippen LogP) is 4.88. The van der Waals surface area contributed by atoms with E-state index < -0.39 is 0 Å². The monoisotopic (exact) mass is 464 g/mol. The Kier molecular flexibility index (Phi) is 9.82. The fourth-order valence-corrected chi connectivity index (χ4v) is 3.79. The molecule has 2 amide bonds. The zero-order chi connectivity index (χ0) is 23.3. The summed E-state index contributed by atoms with van der Waals surface area (Å²) in [6, 6.07) is 24.1. The molecule has 6 nitrogen and oxygen atoms in total. The van der Waals surface area contributed by atoms with Gasteiger partial charge >= 0.3 is 0 Å². The summed E-state index contributed by atoms with van der Waals surface area (Å²) in [6.07, 6.45) is 0.718. The molecule has 0 spiro atoms. The van der Waals surface area contributed by atoms with Gasteiger partial charge in [-0.05, 0) is 55.0 Å². The highest BCUT2D eigenvalue weighted by molar-refractivity contribution is 7.99. The summed E-state index contributed by atoms with van der Waals surface area (Å²) in [6.45, 7) is 1.64. The molecule has 0 bridgehead atoms. The number of para-hydroxylation sites is 1. The van der Waals surface area contributed by atoms with E-state index in [0.717, 1.165) is 12.2 Å². The van der Waals surface area contributed by atoms with E-state index in [2.05, 4.69) is 22.8 Å². The summed E-state index contributed by atoms with van der Waals surface area (Å²) in [7, 11) is 1.62. The van der Waals surface area contributed by atoms with E-state index in [4.69, 9.17) is 9.47 Å². The summed E-state index contributed by atoms with van der Waals surface area (Å²) in [5, 5.41) is 5.67. The Bertz CT molecular complexity index is 1030. The standard InChI is InChI=1S/C26H28N2O4S/c1-31-17-7-16-27-26(30)23-10-5-6-11-24(23)28-25(29)20-12-14-21(15-13-20)32-18-19-33-22-8-3-2-4-9-22/h2-6,8-15H,7,16-19H2,1H3,(H,27,30)(H,28,29). The van der Waals surface area contributed by atoms with Gasteiger partial charge in [0, 0.05) is 36.5 Å². The van der Waals surface area contributed by atoms with Crippen LogP contribution in [0.2, 0.25) is 0 Å². The number of thioether (sulfide) groups is 1. The number of nitrogens with one attached hydrogen (secondary N) is 2. The van der Waals surface area contributed by atoms with E-state index in [9.17, 15) is 9.59 Å². The van der Waals surface area contributed by atoms with Gasteiger partial charge in [-0.1, -0.05) is 30.3 Å². The van der Waals surface area contributed by atoms with Gasteiger partial charge in [0.2, 0.25) is 0 Å². The Morgan fingerprint density at radius 3 is 2.33 bits per heavy atom. The molecule has 0 aliphatic carbocycles. The molecule has 0 fully saturated rings. The molecule has 0 atom stereocenters. The fraction of sp³-hybridized carbons (Fsp3) is 0.231. The maximum Gasteiger partial charge on any atom is 0.255 e. The number of ether oxygens (including phenoxy) is 2. The second-order valence-corrected chi connectivity index (χ2v) is 8.30. The zero-order valence-corrected chi connectivity index (χ0v) is 19.4. The van der Waals surface area contributed by atoms with Crippen LogP contribution in [0.5, 0.6) is 5.75 Å². The maximum absolute atomic E-state index is 12.7. The van der Waals surface area contributed by atoms with Gasteiger partial charge in [-0.25, -0.2) is 0 Å². The number of rotatable bonds is 12. The van der Waals surface area contributed by atoms with Gasteiger partial charge in [0.1, 0.15) is 5.75 Å². The highest BCUT2D eigenvalue weighted by Crippen LogP contribution is 2.19. The lowest BCUT2D eigenvalue weighted by Gasteiger charge is -2.12. The van der Waals surface area contributed by atoms with Gasteiger partial charge in [0.25, 0.3) is 11.8 Å². The van der Waals surface area contributed by atoms with Crippen LogP contribution in [-0.4, -0.2) is 44.4 Å². The second-order valence-electron chi connectivity index (χ2n) is 7.14. The quantitative estimate of drug-likeness (QED) is 0.295. The van der Waals surface area contributed by atoms with Crippen molar-refractivity contribution in [2.45, 2.75) is 11.3 Å². The number of carbonyl (C=O) groups is 2. The van der Waals surface area contributed by atoms with Crippen molar-refractivity contribution in [1.29, 1.82) is 0 Å². The van der Waals surface area contributed by atoms with E-state index in [0.29, 0.717) is 42.3 Å². The van der Waals surface area contributed by atoms with Crippen LogP contribution >= 0.6 is 11.8 Å². The zero-order valence-electron chi connectivity index (χ0n) is 18.6. The molecule has 0 radical (unpaired) electrons. The summed E-state index contributed by atoms with van der Waals surface area (Å²) >= 11 is 1.73. The third-order valence-corrected chi connectivity index (χ3v) is 5.69. The smallest absolute Gasteiger partial charge is 0.255 e. The molecule has 33 heavy (non-hydrogen) atoms. The molecule has 0 heterocycles. The van der Waals surface area contributed by atoms with Crippen molar-refractivity contribution < 1.29 is 19.1 Å². The SMILES string of the molecule is COCCCNC(=O)c1ccccc1NC(=O)c1ccc(OCCSc2ccccc2)cc1. The van der Waals surface area contributed by atoms with Crippen LogP contribution in [0, 0.1) is 0 Å². The largest absolute Gasteiger partial charge is 0.493 e. The van der Waals surface area contributed by atoms with Gasteiger partial charge in [-0.3, -0.25) is 9.59 Å². The van der Waals surface area contributed by atoms with Crippen molar-refractivity contribution in [3.8, 4) is 5.75 Å². The Morgan fingerprint density at radius 1 is 0.848 bits per heavy atom. The second kappa shape index (κ2) is 13.3. The molecule has 0 aromatic heterocycles. The summed E-state index contributed by atoms with van der Waals surface area (Å²) < 4.78 is 10.8. The molecule has 3 aromatic rings. The normalized spacial score (nSPS) is 10.5. The topological polar surface area (TPSA) is 76.7 Å². The first-order valence-electron chi connectivity index (χ1n) is 10.8. The fourth-order valence-electron chi connectivity index (χ4n) is 3.04. The lowest BCUT2D eigenvalue weighted by Crippen LogP contribution is -2.26. The highest BCUT2D eigenvalue weighted by Gasteiger charge is 2.14. The molecule has 172 valence electrons. The third kappa shape index (κ3) is 7.97. The lowest BCUT2D eigenvalue weighted by atomic mass is 10.1. The van der Waals surface area contributed by atoms with Crippen LogP contribution in [0.1, 0.15) is 27.1 Å². The Morgan fingerprint density at radius 2 is 1.58 bits per heavy atom. The molecular weight excluding hydrogens is 436 g/mol. The van der Waals surface area contributed by atoms with Crippen LogP contribution in [0.15, 0.2) is 83.8 Å². The van der Waals surface area contributed by atoms with Crippen molar-refractivity contribution in [2.24, 2.45) is 0 Å². The first-order chi connectivity index (χ1) is 16.2. The van der Waals surface area contributed by atoms with Crippen LogP contribution in [-0.2, 0) is 4.74 Å². The van der Waals surface area contributed by atoms with Crippen LogP contribution in [0.3, 0.4) is 0 Å². The van der Waals surface area contributed by atoms with Crippen molar-refractivity contribution in [3.05, 3.63) is 90.0 Å². The van der Waals surface area contributed by atoms with Gasteiger partial charge in [0.05, 0.1) is 17.9 Å². The molecule has 0 unspecified atom stereocenters. The number of carbonyl (C=O) groups excluding carboxylic acids is 2. The minimum absolute atomic E-state index is 0.237. The van der Waals surface area contributed by atoms with Gasteiger partial charge in [-0.2, -0.15) is 0 Å². The van der Waals surface area contributed by atoms with E-state index in [1.54, 1.807) is 67.4 Å². The molecule has 2 N–H and O–H groups in total. The average molecular weight is 465 g/mol. The first kappa shape index (κ1) is 24.4. The molecule has 3 aromatic carbocycles. The minimum Gasteiger partial charge on any atom is -0.493 e. The maximum atomic E-state index is 12.7. The molecule has 3 rings (SSSR count). The number of amides is 2. The van der Waals surface area contributed by atoms with E-state index in [-0.39, 0.29) is 11.8 Å². The van der Waals surface area contributed by atoms with Crippen LogP contribution < -0.4 is 15.4 Å². The van der Waals surface area contributed by atoms with Gasteiger partial charge in [-0.15, -0.1) is 11.8 Å². The number of methoxy groups -OCH3 is 1. The van der Waals surface area contributed by atoms with Gasteiger partial charge < -0.3 is 20.1 Å². The molecular formula is C26H28N2O4S. The Balaban J connectivity index is 1.50. The first-order valence-corrected chi connectivity index (χ1v) is 11.7. The van der Waals surface area contributed by atoms with Crippen molar-refractivity contribution >= 4 is 29.3 Å². The Labute approximate surface area is 198 Å². The Hall–Kier alpha value is -3.29. The van der Waals surface area contributed by atoms with E-state index in [1.807, 2.05) is 18.2 Å². The number of hydrogen-bond donors (Lipinski definition) is 2. The summed E-state index contributed by atoms with van der Waals surface area (Å²) in [5.74, 6) is 1.01. The summed E-state index contributed by atoms with van der Waals surface area (Å²) in [5.41, 5.74) is 1.36. The van der Waals surface area contributed by atoms with Crippen molar-refractivity contribution in [2.75, 3.05) is 37.9 Å². The molecule has 0 saturated carbocycles. The molecule has 0 aliphatic heterocycles. The van der Waals surface area contributed by atoms with Gasteiger partial charge in [0.15, 0.2) is 0 Å². The number of hydrogen-bond acceptors (Lipinski definition) is 5. The van der Waals surface area contributed by atoms with Crippen LogP contribution in [0.4, 0.5) is 5.69 Å². The molecule has 0 saturated heterocycles. The number of anilines is 1. The predicted molar refractivity (Wildman–Crippen MR) is 132 cm³/mol. The minimum atomic E-state index is -0.291. The van der Waals surface area contributed by atoms with Crippen LogP contribution in [0.25, 0.3) is 0 Å². The highest BCUT2D eigenvalue weighted by atomic mass is 32.2. The molecule has 7 heteroatoms. The number of benzene rings is 3. The van der Waals surface area contributed by atoms with E-state index >= 15 is 0 Å². The summed E-state index contributed by atoms with van der Waals surface area (Å²) in [4.78, 5) is 26.4. The lowest BCUT2D eigenvalue weighted by molar-refractivity contribution is 0.0949. The van der Waals surface area contributed by atoms with Crippen molar-refractivity contribution in [1.82, 2.24) is 5.32 Å². The average Bonchev–Trinajstić information content (AvgIpc) is 2.86. The van der Waals surface area contributed by atoms with E-state index in [1.165, 1.54) is 4.90 Å². The van der Waals surface area contributed by atoms with Crippen molar-refractivity contribution in [3.63, 3.8) is 0 Å².